The van der Waals surface area contributed by atoms with E-state index in [0.717, 1.165) is 28.7 Å². The summed E-state index contributed by atoms with van der Waals surface area (Å²) in [6.45, 7) is 6.98. The number of para-hydroxylation sites is 1. The van der Waals surface area contributed by atoms with Crippen LogP contribution in [0.1, 0.15) is 37.5 Å². The fourth-order valence-electron chi connectivity index (χ4n) is 2.33. The molecule has 2 aromatic carbocycles. The van der Waals surface area contributed by atoms with Crippen LogP contribution < -0.4 is 4.74 Å². The minimum absolute atomic E-state index is 0.0229. The average molecular weight is 282 g/mol. The molecule has 2 nitrogen and oxygen atoms in total. The largest absolute Gasteiger partial charge is 0.488 e. The van der Waals surface area contributed by atoms with Gasteiger partial charge in [-0.3, -0.25) is 0 Å². The van der Waals surface area contributed by atoms with Crippen LogP contribution in [0.4, 0.5) is 0 Å². The molecule has 0 aliphatic carbocycles. The Kier molecular flexibility index (Phi) is 4.79. The first-order chi connectivity index (χ1) is 10.0. The molecule has 0 atom stereocenters. The molecule has 0 heterocycles. The Morgan fingerprint density at radius 3 is 2.33 bits per heavy atom. The van der Waals surface area contributed by atoms with Crippen LogP contribution in [0.2, 0.25) is 0 Å². The molecule has 0 fully saturated rings. The number of benzene rings is 2. The zero-order valence-corrected chi connectivity index (χ0v) is 12.9. The predicted molar refractivity (Wildman–Crippen MR) is 85.7 cm³/mol. The zero-order valence-electron chi connectivity index (χ0n) is 12.9. The van der Waals surface area contributed by atoms with Gasteiger partial charge in [0.2, 0.25) is 0 Å². The number of aldehydes is 1. The molecule has 0 N–H and O–H groups in total. The van der Waals surface area contributed by atoms with Gasteiger partial charge in [0.25, 0.3) is 0 Å². The second-order valence-electron chi connectivity index (χ2n) is 6.19. The highest BCUT2D eigenvalue weighted by molar-refractivity contribution is 5.59. The summed E-state index contributed by atoms with van der Waals surface area (Å²) < 4.78 is 6.07. The minimum atomic E-state index is -0.0229. The topological polar surface area (TPSA) is 26.3 Å². The van der Waals surface area contributed by atoms with Crippen LogP contribution in [0.5, 0.6) is 5.75 Å². The van der Waals surface area contributed by atoms with Gasteiger partial charge in [0, 0.05) is 12.0 Å². The SMILES string of the molecule is CC(C)(C)c1cccc(CC=O)c1OCc1ccccc1. The molecule has 2 heteroatoms. The molecule has 21 heavy (non-hydrogen) atoms. The van der Waals surface area contributed by atoms with Gasteiger partial charge in [0.05, 0.1) is 0 Å². The summed E-state index contributed by atoms with van der Waals surface area (Å²) in [5.74, 6) is 0.848. The normalized spacial score (nSPS) is 11.2. The van der Waals surface area contributed by atoms with E-state index in [0.29, 0.717) is 13.0 Å². The molecule has 0 radical (unpaired) electrons. The molecule has 0 amide bonds. The van der Waals surface area contributed by atoms with Crippen molar-refractivity contribution in [3.05, 3.63) is 65.2 Å². The summed E-state index contributed by atoms with van der Waals surface area (Å²) in [5.41, 5.74) is 3.19. The third-order valence-corrected chi connectivity index (χ3v) is 3.43. The van der Waals surface area contributed by atoms with E-state index in [1.807, 2.05) is 42.5 Å². The van der Waals surface area contributed by atoms with Gasteiger partial charge in [0.1, 0.15) is 18.6 Å². The standard InChI is InChI=1S/C19H22O2/c1-19(2,3)17-11-7-10-16(12-13-20)18(17)21-14-15-8-5-4-6-9-15/h4-11,13H,12,14H2,1-3H3. The Morgan fingerprint density at radius 2 is 1.71 bits per heavy atom. The van der Waals surface area contributed by atoms with Gasteiger partial charge < -0.3 is 9.53 Å². The highest BCUT2D eigenvalue weighted by atomic mass is 16.5. The summed E-state index contributed by atoms with van der Waals surface area (Å²) in [6.07, 6.45) is 1.31. The van der Waals surface area contributed by atoms with E-state index >= 15 is 0 Å². The number of ether oxygens (including phenoxy) is 1. The Labute approximate surface area is 126 Å². The second kappa shape index (κ2) is 6.57. The molecule has 0 aliphatic heterocycles. The van der Waals surface area contributed by atoms with Crippen LogP contribution in [0.3, 0.4) is 0 Å². The van der Waals surface area contributed by atoms with E-state index in [1.54, 1.807) is 0 Å². The van der Waals surface area contributed by atoms with Crippen molar-refractivity contribution in [2.24, 2.45) is 0 Å². The number of carbonyl (C=O) groups excluding carboxylic acids is 1. The van der Waals surface area contributed by atoms with Crippen LogP contribution >= 0.6 is 0 Å². The molecule has 110 valence electrons. The van der Waals surface area contributed by atoms with E-state index < -0.39 is 0 Å². The number of carbonyl (C=O) groups is 1. The lowest BCUT2D eigenvalue weighted by Gasteiger charge is -2.24. The summed E-state index contributed by atoms with van der Waals surface area (Å²) in [5, 5.41) is 0. The molecule has 0 aromatic heterocycles. The molecule has 0 saturated carbocycles. The van der Waals surface area contributed by atoms with Crippen molar-refractivity contribution in [1.82, 2.24) is 0 Å². The van der Waals surface area contributed by atoms with Crippen molar-refractivity contribution in [1.29, 1.82) is 0 Å². The highest BCUT2D eigenvalue weighted by Gasteiger charge is 2.21. The maximum atomic E-state index is 10.9. The van der Waals surface area contributed by atoms with Gasteiger partial charge in [-0.1, -0.05) is 69.3 Å². The predicted octanol–water partition coefficient (Wildman–Crippen LogP) is 4.30. The molecule has 0 unspecified atom stereocenters. The van der Waals surface area contributed by atoms with Gasteiger partial charge in [-0.05, 0) is 16.5 Å². The summed E-state index contributed by atoms with van der Waals surface area (Å²) in [4.78, 5) is 10.9. The Morgan fingerprint density at radius 1 is 1.00 bits per heavy atom. The summed E-state index contributed by atoms with van der Waals surface area (Å²) in [6, 6.07) is 16.1. The van der Waals surface area contributed by atoms with Crippen LogP contribution in [-0.4, -0.2) is 6.29 Å². The second-order valence-corrected chi connectivity index (χ2v) is 6.19. The van der Waals surface area contributed by atoms with E-state index in [-0.39, 0.29) is 5.41 Å². The van der Waals surface area contributed by atoms with Crippen molar-refractivity contribution in [2.45, 2.75) is 39.2 Å². The van der Waals surface area contributed by atoms with Gasteiger partial charge >= 0.3 is 0 Å². The highest BCUT2D eigenvalue weighted by Crippen LogP contribution is 2.34. The lowest BCUT2D eigenvalue weighted by atomic mass is 9.85. The van der Waals surface area contributed by atoms with Gasteiger partial charge in [-0.2, -0.15) is 0 Å². The smallest absolute Gasteiger partial charge is 0.127 e. The van der Waals surface area contributed by atoms with Crippen LogP contribution in [0, 0.1) is 0 Å². The zero-order chi connectivity index (χ0) is 15.3. The van der Waals surface area contributed by atoms with Gasteiger partial charge in [-0.25, -0.2) is 0 Å². The molecule has 2 aromatic rings. The fraction of sp³-hybridized carbons (Fsp3) is 0.316. The Balaban J connectivity index is 2.32. The monoisotopic (exact) mass is 282 g/mol. The van der Waals surface area contributed by atoms with Crippen molar-refractivity contribution >= 4 is 6.29 Å². The molecule has 0 bridgehead atoms. The van der Waals surface area contributed by atoms with E-state index in [9.17, 15) is 4.79 Å². The summed E-state index contributed by atoms with van der Waals surface area (Å²) in [7, 11) is 0. The molecule has 2 rings (SSSR count). The average Bonchev–Trinajstić information content (AvgIpc) is 2.46. The molecular formula is C19H22O2. The maximum absolute atomic E-state index is 10.9. The number of rotatable bonds is 5. The first kappa shape index (κ1) is 15.3. The third kappa shape index (κ3) is 3.94. The molecule has 0 spiro atoms. The Hall–Kier alpha value is -2.09. The van der Waals surface area contributed by atoms with Crippen LogP contribution in [0.25, 0.3) is 0 Å². The Bertz CT molecular complexity index is 595. The third-order valence-electron chi connectivity index (χ3n) is 3.43. The number of hydrogen-bond acceptors (Lipinski definition) is 2. The van der Waals surface area contributed by atoms with Crippen molar-refractivity contribution in [2.75, 3.05) is 0 Å². The molecular weight excluding hydrogens is 260 g/mol. The van der Waals surface area contributed by atoms with Crippen LogP contribution in [-0.2, 0) is 23.2 Å². The maximum Gasteiger partial charge on any atom is 0.127 e. The van der Waals surface area contributed by atoms with Crippen molar-refractivity contribution in [3.8, 4) is 5.75 Å². The fourth-order valence-corrected chi connectivity index (χ4v) is 2.33. The van der Waals surface area contributed by atoms with Crippen LogP contribution in [0.15, 0.2) is 48.5 Å². The quantitative estimate of drug-likeness (QED) is 0.764. The number of hydrogen-bond donors (Lipinski definition) is 0. The van der Waals surface area contributed by atoms with Crippen molar-refractivity contribution in [3.63, 3.8) is 0 Å². The van der Waals surface area contributed by atoms with Crippen molar-refractivity contribution < 1.29 is 9.53 Å². The molecule has 0 aliphatic rings. The summed E-state index contributed by atoms with van der Waals surface area (Å²) >= 11 is 0. The van der Waals surface area contributed by atoms with E-state index in [1.165, 1.54) is 0 Å². The minimum Gasteiger partial charge on any atom is -0.488 e. The first-order valence-electron chi connectivity index (χ1n) is 7.25. The lowest BCUT2D eigenvalue weighted by Crippen LogP contribution is -2.15. The van der Waals surface area contributed by atoms with E-state index in [4.69, 9.17) is 4.74 Å². The van der Waals surface area contributed by atoms with E-state index in [2.05, 4.69) is 26.8 Å². The first-order valence-corrected chi connectivity index (χ1v) is 7.25. The van der Waals surface area contributed by atoms with Gasteiger partial charge in [-0.15, -0.1) is 0 Å². The lowest BCUT2D eigenvalue weighted by molar-refractivity contribution is -0.107. The van der Waals surface area contributed by atoms with Gasteiger partial charge in [0.15, 0.2) is 0 Å². The molecule has 0 saturated heterocycles.